The van der Waals surface area contributed by atoms with E-state index in [4.69, 9.17) is 11.6 Å². The number of hydrogen-bond donors (Lipinski definition) is 0. The minimum absolute atomic E-state index is 0.0292. The average molecular weight is 310 g/mol. The highest BCUT2D eigenvalue weighted by Gasteiger charge is 2.24. The highest BCUT2D eigenvalue weighted by atomic mass is 35.5. The van der Waals surface area contributed by atoms with Crippen LogP contribution in [0.15, 0.2) is 24.4 Å². The predicted octanol–water partition coefficient (Wildman–Crippen LogP) is 3.18. The molecular formula is C15H13ClFNO3. The molecular weight excluding hydrogens is 297 g/mol. The summed E-state index contributed by atoms with van der Waals surface area (Å²) in [6.07, 6.45) is 1.08. The Kier molecular flexibility index (Phi) is 4.14. The first-order valence-corrected chi connectivity index (χ1v) is 6.51. The number of benzene rings is 1. The van der Waals surface area contributed by atoms with E-state index in [2.05, 4.69) is 4.74 Å². The molecule has 2 aromatic rings. The van der Waals surface area contributed by atoms with E-state index in [1.54, 1.807) is 13.8 Å². The molecule has 1 aromatic heterocycles. The third-order valence-corrected chi connectivity index (χ3v) is 3.65. The van der Waals surface area contributed by atoms with E-state index in [-0.39, 0.29) is 16.4 Å². The van der Waals surface area contributed by atoms with E-state index >= 15 is 0 Å². The molecule has 0 fully saturated rings. The molecule has 0 bridgehead atoms. The van der Waals surface area contributed by atoms with Gasteiger partial charge in [-0.05, 0) is 30.2 Å². The minimum Gasteiger partial charge on any atom is -0.618 e. The summed E-state index contributed by atoms with van der Waals surface area (Å²) in [4.78, 5) is 11.7. The molecule has 2 rings (SSSR count). The molecule has 110 valence electrons. The van der Waals surface area contributed by atoms with Crippen LogP contribution in [0.1, 0.15) is 21.6 Å². The Morgan fingerprint density at radius 1 is 1.38 bits per heavy atom. The topological polar surface area (TPSA) is 53.2 Å². The van der Waals surface area contributed by atoms with Gasteiger partial charge in [-0.3, -0.25) is 0 Å². The smallest absolute Gasteiger partial charge is 0.345 e. The number of rotatable bonds is 2. The van der Waals surface area contributed by atoms with Crippen molar-refractivity contribution >= 4 is 17.6 Å². The number of aromatic nitrogens is 1. The molecule has 21 heavy (non-hydrogen) atoms. The third-order valence-electron chi connectivity index (χ3n) is 3.26. The minimum atomic E-state index is -0.703. The SMILES string of the molecule is COC(=O)c1c[n+]([O-])c(C)c(-c2ccc(F)cc2C)c1Cl. The lowest BCUT2D eigenvalue weighted by atomic mass is 9.98. The number of halogens is 2. The number of carbonyl (C=O) groups excluding carboxylic acids is 1. The van der Waals surface area contributed by atoms with Crippen molar-refractivity contribution in [3.63, 3.8) is 0 Å². The van der Waals surface area contributed by atoms with Gasteiger partial charge in [0, 0.05) is 6.92 Å². The zero-order valence-corrected chi connectivity index (χ0v) is 12.5. The highest BCUT2D eigenvalue weighted by Crippen LogP contribution is 2.34. The fourth-order valence-electron chi connectivity index (χ4n) is 2.15. The van der Waals surface area contributed by atoms with Crippen molar-refractivity contribution in [2.45, 2.75) is 13.8 Å². The van der Waals surface area contributed by atoms with Crippen LogP contribution < -0.4 is 4.73 Å². The van der Waals surface area contributed by atoms with E-state index in [1.165, 1.54) is 25.3 Å². The monoisotopic (exact) mass is 309 g/mol. The molecule has 1 aromatic carbocycles. The van der Waals surface area contributed by atoms with Gasteiger partial charge in [-0.1, -0.05) is 17.7 Å². The maximum Gasteiger partial charge on any atom is 0.345 e. The molecule has 0 saturated carbocycles. The number of carbonyl (C=O) groups is 1. The van der Waals surface area contributed by atoms with E-state index in [0.29, 0.717) is 27.1 Å². The zero-order valence-electron chi connectivity index (χ0n) is 11.7. The van der Waals surface area contributed by atoms with Gasteiger partial charge in [0.2, 0.25) is 0 Å². The van der Waals surface area contributed by atoms with Gasteiger partial charge in [-0.2, -0.15) is 4.73 Å². The van der Waals surface area contributed by atoms with Crippen molar-refractivity contribution in [3.8, 4) is 11.1 Å². The van der Waals surface area contributed by atoms with Crippen molar-refractivity contribution in [2.75, 3.05) is 7.11 Å². The number of esters is 1. The molecule has 0 atom stereocenters. The second kappa shape index (κ2) is 5.69. The van der Waals surface area contributed by atoms with Gasteiger partial charge in [-0.25, -0.2) is 9.18 Å². The van der Waals surface area contributed by atoms with Gasteiger partial charge >= 0.3 is 5.97 Å². The van der Waals surface area contributed by atoms with Gasteiger partial charge in [-0.15, -0.1) is 0 Å². The first-order valence-electron chi connectivity index (χ1n) is 6.14. The summed E-state index contributed by atoms with van der Waals surface area (Å²) >= 11 is 6.26. The molecule has 0 radical (unpaired) electrons. The second-order valence-electron chi connectivity index (χ2n) is 4.59. The quantitative estimate of drug-likeness (QED) is 0.486. The molecule has 1 heterocycles. The van der Waals surface area contributed by atoms with Gasteiger partial charge < -0.3 is 9.94 Å². The molecule has 0 N–H and O–H groups in total. The van der Waals surface area contributed by atoms with Crippen molar-refractivity contribution in [3.05, 3.63) is 57.3 Å². The Morgan fingerprint density at radius 3 is 2.62 bits per heavy atom. The normalized spacial score (nSPS) is 10.5. The predicted molar refractivity (Wildman–Crippen MR) is 76.6 cm³/mol. The largest absolute Gasteiger partial charge is 0.618 e. The summed E-state index contributed by atoms with van der Waals surface area (Å²) < 4.78 is 18.4. The van der Waals surface area contributed by atoms with Crippen LogP contribution in [0.5, 0.6) is 0 Å². The number of aryl methyl sites for hydroxylation is 1. The summed E-state index contributed by atoms with van der Waals surface area (Å²) in [5, 5.41) is 12.1. The van der Waals surface area contributed by atoms with Gasteiger partial charge in [0.15, 0.2) is 11.9 Å². The lowest BCUT2D eigenvalue weighted by Crippen LogP contribution is -2.32. The van der Waals surface area contributed by atoms with Crippen molar-refractivity contribution < 1.29 is 18.7 Å². The summed E-state index contributed by atoms with van der Waals surface area (Å²) in [5.74, 6) is -1.09. The van der Waals surface area contributed by atoms with Crippen LogP contribution >= 0.6 is 11.6 Å². The summed E-state index contributed by atoms with van der Waals surface area (Å²) in [7, 11) is 1.20. The number of pyridine rings is 1. The number of nitrogens with zero attached hydrogens (tertiary/aromatic N) is 1. The van der Waals surface area contributed by atoms with Crippen molar-refractivity contribution in [1.29, 1.82) is 0 Å². The molecule has 0 aliphatic heterocycles. The fraction of sp³-hybridized carbons (Fsp3) is 0.200. The molecule has 6 heteroatoms. The van der Waals surface area contributed by atoms with E-state index in [1.807, 2.05) is 0 Å². The van der Waals surface area contributed by atoms with Crippen LogP contribution in [0.25, 0.3) is 11.1 Å². The zero-order chi connectivity index (χ0) is 15.7. The van der Waals surface area contributed by atoms with Crippen LogP contribution in [0.4, 0.5) is 4.39 Å². The average Bonchev–Trinajstić information content (AvgIpc) is 2.44. The van der Waals surface area contributed by atoms with Crippen LogP contribution in [-0.2, 0) is 4.74 Å². The first-order chi connectivity index (χ1) is 9.86. The Labute approximate surface area is 126 Å². The molecule has 0 aliphatic carbocycles. The molecule has 0 saturated heterocycles. The summed E-state index contributed by atoms with van der Waals surface area (Å²) in [5.41, 5.74) is 1.89. The standard InChI is InChI=1S/C15H13ClFNO3/c1-8-6-10(17)4-5-11(8)13-9(2)18(20)7-12(14(13)16)15(19)21-3/h4-7H,1-3H3. The van der Waals surface area contributed by atoms with Crippen LogP contribution in [0.2, 0.25) is 5.02 Å². The van der Waals surface area contributed by atoms with Gasteiger partial charge in [0.05, 0.1) is 17.7 Å². The molecule has 0 spiro atoms. The molecule has 4 nitrogen and oxygen atoms in total. The lowest BCUT2D eigenvalue weighted by Gasteiger charge is -2.14. The number of methoxy groups -OCH3 is 1. The van der Waals surface area contributed by atoms with Crippen LogP contribution in [0.3, 0.4) is 0 Å². The first kappa shape index (κ1) is 15.3. The molecule has 0 unspecified atom stereocenters. The number of hydrogen-bond acceptors (Lipinski definition) is 3. The van der Waals surface area contributed by atoms with Crippen LogP contribution in [-0.4, -0.2) is 13.1 Å². The van der Waals surface area contributed by atoms with Crippen molar-refractivity contribution in [1.82, 2.24) is 0 Å². The van der Waals surface area contributed by atoms with E-state index in [9.17, 15) is 14.4 Å². The van der Waals surface area contributed by atoms with Crippen LogP contribution in [0, 0.1) is 24.9 Å². The molecule has 0 amide bonds. The highest BCUT2D eigenvalue weighted by molar-refractivity contribution is 6.36. The van der Waals surface area contributed by atoms with Crippen molar-refractivity contribution in [2.24, 2.45) is 0 Å². The summed E-state index contributed by atoms with van der Waals surface area (Å²) in [6, 6.07) is 4.14. The fourth-order valence-corrected chi connectivity index (χ4v) is 2.51. The summed E-state index contributed by atoms with van der Waals surface area (Å²) in [6.45, 7) is 3.28. The Balaban J connectivity index is 2.79. The third kappa shape index (κ3) is 2.69. The van der Waals surface area contributed by atoms with E-state index < -0.39 is 5.97 Å². The maximum atomic E-state index is 13.2. The molecule has 0 aliphatic rings. The lowest BCUT2D eigenvalue weighted by molar-refractivity contribution is -0.611. The van der Waals surface area contributed by atoms with Gasteiger partial charge in [0.25, 0.3) is 0 Å². The number of ether oxygens (including phenoxy) is 1. The second-order valence-corrected chi connectivity index (χ2v) is 4.97. The Bertz CT molecular complexity index is 731. The Morgan fingerprint density at radius 2 is 2.05 bits per heavy atom. The van der Waals surface area contributed by atoms with Gasteiger partial charge in [0.1, 0.15) is 11.4 Å². The van der Waals surface area contributed by atoms with E-state index in [0.717, 1.165) is 6.20 Å². The maximum absolute atomic E-state index is 13.2. The Hall–Kier alpha value is -2.14.